The van der Waals surface area contributed by atoms with Crippen molar-refractivity contribution in [3.8, 4) is 23.0 Å². The Morgan fingerprint density at radius 2 is 1.19 bits per heavy atom. The lowest BCUT2D eigenvalue weighted by atomic mass is 10.1. The van der Waals surface area contributed by atoms with Gasteiger partial charge in [0.1, 0.15) is 0 Å². The molecule has 2 rings (SSSR count). The van der Waals surface area contributed by atoms with Gasteiger partial charge in [0.25, 0.3) is 0 Å². The average molecular weight is 533 g/mol. The summed E-state index contributed by atoms with van der Waals surface area (Å²) < 4.78 is 36.6. The van der Waals surface area contributed by atoms with E-state index in [-0.39, 0.29) is 17.2 Å². The van der Waals surface area contributed by atoms with E-state index >= 15 is 0 Å². The minimum Gasteiger partial charge on any atom is -0.504 e. The van der Waals surface area contributed by atoms with Crippen molar-refractivity contribution in [1.29, 1.82) is 0 Å². The summed E-state index contributed by atoms with van der Waals surface area (Å²) in [4.78, 5) is 0. The summed E-state index contributed by atoms with van der Waals surface area (Å²) in [7, 11) is -3.19. The van der Waals surface area contributed by atoms with Crippen molar-refractivity contribution in [3.05, 3.63) is 47.5 Å². The Hall–Kier alpha value is -2.65. The Kier molecular flexibility index (Phi) is 14.1. The number of nitrogens with one attached hydrogen (secondary N) is 2. The van der Waals surface area contributed by atoms with Gasteiger partial charge >= 0.3 is 10.4 Å². The van der Waals surface area contributed by atoms with Gasteiger partial charge in [0.15, 0.2) is 23.0 Å². The van der Waals surface area contributed by atoms with Crippen LogP contribution in [0.2, 0.25) is 0 Å². The molecule has 13 heteroatoms. The van der Waals surface area contributed by atoms with Crippen LogP contribution < -0.4 is 15.4 Å². The fraction of sp³-hybridized carbons (Fsp3) is 0.478. The number of aliphatic hydroxyl groups is 2. The molecule has 0 heterocycles. The van der Waals surface area contributed by atoms with E-state index < -0.39 is 22.6 Å². The monoisotopic (exact) mass is 532 g/mol. The third kappa shape index (κ3) is 13.4. The van der Waals surface area contributed by atoms with Crippen LogP contribution in [0.3, 0.4) is 0 Å². The van der Waals surface area contributed by atoms with Crippen LogP contribution in [0.1, 0.15) is 49.0 Å². The predicted octanol–water partition coefficient (Wildman–Crippen LogP) is 1.67. The zero-order chi connectivity index (χ0) is 27.1. The maximum absolute atomic E-state index is 10.2. The Bertz CT molecular complexity index is 1010. The lowest BCUT2D eigenvalue weighted by Crippen LogP contribution is -2.23. The molecule has 0 spiro atoms. The molecule has 2 aromatic carbocycles. The van der Waals surface area contributed by atoms with E-state index in [4.69, 9.17) is 22.3 Å². The van der Waals surface area contributed by atoms with Crippen LogP contribution in [-0.2, 0) is 10.4 Å². The lowest BCUT2D eigenvalue weighted by Gasteiger charge is -2.14. The second-order valence-corrected chi connectivity index (χ2v) is 8.88. The van der Waals surface area contributed by atoms with E-state index in [1.54, 1.807) is 18.2 Å². The van der Waals surface area contributed by atoms with E-state index in [0.29, 0.717) is 30.0 Å². The van der Waals surface area contributed by atoms with Crippen LogP contribution in [-0.4, -0.2) is 76.3 Å². The number of aliphatic hydroxyl groups excluding tert-OH is 2. The third-order valence-corrected chi connectivity index (χ3v) is 5.11. The Morgan fingerprint density at radius 1 is 0.750 bits per heavy atom. The summed E-state index contributed by atoms with van der Waals surface area (Å²) in [5, 5.41) is 55.2. The molecule has 36 heavy (non-hydrogen) atoms. The predicted molar refractivity (Wildman–Crippen MR) is 133 cm³/mol. The van der Waals surface area contributed by atoms with Crippen molar-refractivity contribution in [2.24, 2.45) is 0 Å². The summed E-state index contributed by atoms with van der Waals surface area (Å²) in [6.45, 7) is 2.41. The first-order valence-electron chi connectivity index (χ1n) is 11.3. The molecule has 204 valence electrons. The first kappa shape index (κ1) is 31.4. The summed E-state index contributed by atoms with van der Waals surface area (Å²) in [6.07, 6.45) is 2.70. The molecule has 0 aliphatic carbocycles. The molecule has 0 aromatic heterocycles. The Balaban J connectivity index is 0.00000118. The molecule has 9 N–H and O–H groups in total. The molecular formula is C23H36N2O10S. The van der Waals surface area contributed by atoms with Crippen molar-refractivity contribution in [3.63, 3.8) is 0 Å². The molecule has 0 fully saturated rings. The average Bonchev–Trinajstić information content (AvgIpc) is 2.81. The largest absolute Gasteiger partial charge is 0.504 e. The molecule has 0 bridgehead atoms. The van der Waals surface area contributed by atoms with Gasteiger partial charge in [-0.2, -0.15) is 8.42 Å². The van der Waals surface area contributed by atoms with Crippen molar-refractivity contribution in [1.82, 2.24) is 10.6 Å². The summed E-state index contributed by atoms with van der Waals surface area (Å²) in [5.41, 5.74) is 1.25. The number of phenolic OH excluding ortho intramolecular Hbond substituents is 3. The van der Waals surface area contributed by atoms with Gasteiger partial charge in [-0.1, -0.05) is 25.0 Å². The van der Waals surface area contributed by atoms with Crippen molar-refractivity contribution < 1.29 is 47.8 Å². The number of hydrogen-bond donors (Lipinski definition) is 9. The molecular weight excluding hydrogens is 496 g/mol. The molecule has 2 atom stereocenters. The molecule has 0 saturated carbocycles. The molecule has 0 aliphatic rings. The molecule has 2 unspecified atom stereocenters. The van der Waals surface area contributed by atoms with Gasteiger partial charge in [-0.15, -0.1) is 0 Å². The van der Waals surface area contributed by atoms with Crippen LogP contribution in [0.15, 0.2) is 36.4 Å². The standard InChI is InChI=1S/C23H34N2O6.H2O4S/c1-31-23-13-17(7-9-19(23)27)22(30)15-25-11-5-3-2-4-10-24-14-21(29)16-6-8-18(26)20(28)12-16;1-5(2,3)4/h6-9,12-13,21-22,24-30H,2-5,10-11,14-15H2,1H3;(H2,1,2,3,4). The van der Waals surface area contributed by atoms with Gasteiger partial charge < -0.3 is 40.9 Å². The number of benzene rings is 2. The Morgan fingerprint density at radius 3 is 1.64 bits per heavy atom. The van der Waals surface area contributed by atoms with E-state index in [0.717, 1.165) is 38.8 Å². The van der Waals surface area contributed by atoms with E-state index in [9.17, 15) is 25.5 Å². The minimum absolute atomic E-state index is 0.0510. The first-order valence-corrected chi connectivity index (χ1v) is 12.7. The van der Waals surface area contributed by atoms with Gasteiger partial charge in [0.05, 0.1) is 19.3 Å². The normalized spacial score (nSPS) is 12.9. The third-order valence-electron chi connectivity index (χ3n) is 5.11. The van der Waals surface area contributed by atoms with Crippen LogP contribution in [0.25, 0.3) is 0 Å². The Labute approximate surface area is 210 Å². The molecule has 0 aliphatic heterocycles. The smallest absolute Gasteiger partial charge is 0.394 e. The lowest BCUT2D eigenvalue weighted by molar-refractivity contribution is 0.173. The second-order valence-electron chi connectivity index (χ2n) is 7.98. The van der Waals surface area contributed by atoms with Crippen LogP contribution in [0.5, 0.6) is 23.0 Å². The molecule has 0 saturated heterocycles. The zero-order valence-electron chi connectivity index (χ0n) is 20.0. The zero-order valence-corrected chi connectivity index (χ0v) is 20.9. The summed E-state index contributed by atoms with van der Waals surface area (Å²) in [6, 6.07) is 9.14. The van der Waals surface area contributed by atoms with Gasteiger partial charge in [0, 0.05) is 13.1 Å². The van der Waals surface area contributed by atoms with Crippen molar-refractivity contribution >= 4 is 10.4 Å². The highest BCUT2D eigenvalue weighted by atomic mass is 32.3. The topological polar surface area (TPSA) is 209 Å². The van der Waals surface area contributed by atoms with Crippen molar-refractivity contribution in [2.75, 3.05) is 33.3 Å². The van der Waals surface area contributed by atoms with Crippen LogP contribution in [0.4, 0.5) is 0 Å². The fourth-order valence-electron chi connectivity index (χ4n) is 3.22. The maximum Gasteiger partial charge on any atom is 0.394 e. The molecule has 0 amide bonds. The van der Waals surface area contributed by atoms with E-state index in [1.807, 2.05) is 0 Å². The fourth-order valence-corrected chi connectivity index (χ4v) is 3.22. The van der Waals surface area contributed by atoms with Gasteiger partial charge in [-0.25, -0.2) is 0 Å². The molecule has 12 nitrogen and oxygen atoms in total. The number of unbranched alkanes of at least 4 members (excludes halogenated alkanes) is 3. The number of hydrogen-bond acceptors (Lipinski definition) is 10. The number of rotatable bonds is 14. The first-order chi connectivity index (χ1) is 16.9. The minimum atomic E-state index is -4.67. The van der Waals surface area contributed by atoms with Gasteiger partial charge in [-0.05, 0) is 61.3 Å². The highest BCUT2D eigenvalue weighted by Gasteiger charge is 2.11. The highest BCUT2D eigenvalue weighted by molar-refractivity contribution is 7.79. The highest BCUT2D eigenvalue weighted by Crippen LogP contribution is 2.29. The van der Waals surface area contributed by atoms with Gasteiger partial charge in [-0.3, -0.25) is 9.11 Å². The summed E-state index contributed by atoms with van der Waals surface area (Å²) >= 11 is 0. The number of aromatic hydroxyl groups is 3. The van der Waals surface area contributed by atoms with E-state index in [2.05, 4.69) is 10.6 Å². The van der Waals surface area contributed by atoms with Crippen molar-refractivity contribution in [2.45, 2.75) is 37.9 Å². The maximum atomic E-state index is 10.2. The SMILES string of the molecule is COc1cc(C(O)CNCCCCCCNCC(O)c2ccc(O)c(O)c2)ccc1O.O=S(=O)(O)O. The molecule has 0 radical (unpaired) electrons. The number of phenols is 3. The van der Waals surface area contributed by atoms with E-state index in [1.165, 1.54) is 25.3 Å². The number of methoxy groups -OCH3 is 1. The second kappa shape index (κ2) is 16.2. The number of ether oxygens (including phenoxy) is 1. The van der Waals surface area contributed by atoms with Gasteiger partial charge in [0.2, 0.25) is 0 Å². The molecule has 2 aromatic rings. The van der Waals surface area contributed by atoms with Crippen LogP contribution >= 0.6 is 0 Å². The van der Waals surface area contributed by atoms with Crippen LogP contribution in [0, 0.1) is 0 Å². The summed E-state index contributed by atoms with van der Waals surface area (Å²) in [5.74, 6) is -0.0390. The quantitative estimate of drug-likeness (QED) is 0.0966.